The van der Waals surface area contributed by atoms with Crippen LogP contribution in [0.5, 0.6) is 17.2 Å². The van der Waals surface area contributed by atoms with E-state index in [4.69, 9.17) is 35.5 Å². The lowest BCUT2D eigenvalue weighted by Gasteiger charge is -2.27. The molecular formula is C34H33ClN2O6S. The summed E-state index contributed by atoms with van der Waals surface area (Å²) in [5, 5.41) is 0.453. The first kappa shape index (κ1) is 31.1. The maximum absolute atomic E-state index is 14.0. The Morgan fingerprint density at radius 2 is 1.73 bits per heavy atom. The number of allylic oxidation sites excluding steroid dienone is 1. The van der Waals surface area contributed by atoms with E-state index < -0.39 is 12.0 Å². The van der Waals surface area contributed by atoms with Crippen molar-refractivity contribution in [2.45, 2.75) is 39.3 Å². The van der Waals surface area contributed by atoms with E-state index in [0.717, 1.165) is 23.3 Å². The normalized spacial score (nSPS) is 14.6. The van der Waals surface area contributed by atoms with Crippen molar-refractivity contribution in [3.63, 3.8) is 0 Å². The summed E-state index contributed by atoms with van der Waals surface area (Å²) in [6.45, 7) is 4.36. The second kappa shape index (κ2) is 14.0. The highest BCUT2D eigenvalue weighted by atomic mass is 35.5. The fraction of sp³-hybridized carbons (Fsp3) is 0.265. The number of benzene rings is 3. The van der Waals surface area contributed by atoms with Crippen molar-refractivity contribution in [2.24, 2.45) is 4.99 Å². The summed E-state index contributed by atoms with van der Waals surface area (Å²) >= 11 is 7.69. The van der Waals surface area contributed by atoms with Gasteiger partial charge in [0.15, 0.2) is 4.80 Å². The van der Waals surface area contributed by atoms with Crippen molar-refractivity contribution in [3.8, 4) is 17.2 Å². The number of hydrogen-bond donors (Lipinski definition) is 0. The molecule has 0 saturated carbocycles. The van der Waals surface area contributed by atoms with E-state index in [2.05, 4.69) is 0 Å². The topological polar surface area (TPSA) is 88.4 Å². The van der Waals surface area contributed by atoms with Crippen molar-refractivity contribution in [1.29, 1.82) is 0 Å². The molecule has 10 heteroatoms. The van der Waals surface area contributed by atoms with Gasteiger partial charge in [0, 0.05) is 10.6 Å². The molecule has 1 aromatic heterocycles. The van der Waals surface area contributed by atoms with E-state index >= 15 is 0 Å². The number of carbonyl (C=O) groups excluding carboxylic acids is 1. The summed E-state index contributed by atoms with van der Waals surface area (Å²) in [4.78, 5) is 32.8. The number of esters is 1. The number of aromatic nitrogens is 1. The maximum Gasteiger partial charge on any atom is 0.338 e. The van der Waals surface area contributed by atoms with Gasteiger partial charge in [-0.2, -0.15) is 0 Å². The van der Waals surface area contributed by atoms with Crippen LogP contribution in [-0.4, -0.2) is 31.4 Å². The maximum atomic E-state index is 14.0. The van der Waals surface area contributed by atoms with E-state index in [1.165, 1.54) is 11.3 Å². The van der Waals surface area contributed by atoms with Gasteiger partial charge in [0.05, 0.1) is 36.6 Å². The van der Waals surface area contributed by atoms with E-state index in [1.807, 2.05) is 61.5 Å². The van der Waals surface area contributed by atoms with Gasteiger partial charge in [-0.1, -0.05) is 60.5 Å². The average Bonchev–Trinajstić information content (AvgIpc) is 3.34. The standard InChI is InChI=1S/C34H33ClN2O6S/c1-5-7-27-30(33(39)42-6-2)31(26-19-23(35)12-17-28(26)41-4)37-32(38)29(44-34(37)36-27)18-21-8-15-25(16-9-21)43-20-22-10-13-24(40-3)14-11-22/h8-19,31H,5-7,20H2,1-4H3/b29-18+/t31-/m1/s1. The zero-order chi connectivity index (χ0) is 31.2. The van der Waals surface area contributed by atoms with Crippen molar-refractivity contribution in [3.05, 3.63) is 119 Å². The molecule has 0 unspecified atom stereocenters. The first-order valence-corrected chi connectivity index (χ1v) is 15.5. The molecule has 0 bridgehead atoms. The van der Waals surface area contributed by atoms with Crippen molar-refractivity contribution in [1.82, 2.24) is 4.57 Å². The molecule has 228 valence electrons. The van der Waals surface area contributed by atoms with Crippen molar-refractivity contribution in [2.75, 3.05) is 20.8 Å². The van der Waals surface area contributed by atoms with Gasteiger partial charge < -0.3 is 18.9 Å². The summed E-state index contributed by atoms with van der Waals surface area (Å²) in [6.07, 6.45) is 3.11. The van der Waals surface area contributed by atoms with Gasteiger partial charge >= 0.3 is 5.97 Å². The molecule has 0 amide bonds. The highest BCUT2D eigenvalue weighted by molar-refractivity contribution is 7.07. The van der Waals surface area contributed by atoms with Crippen LogP contribution in [0.3, 0.4) is 0 Å². The number of carbonyl (C=O) groups is 1. The van der Waals surface area contributed by atoms with Gasteiger partial charge in [-0.25, -0.2) is 9.79 Å². The second-order valence-corrected chi connectivity index (χ2v) is 11.5. The number of ether oxygens (including phenoxy) is 4. The molecule has 5 rings (SSSR count). The molecule has 3 aromatic carbocycles. The predicted molar refractivity (Wildman–Crippen MR) is 171 cm³/mol. The molecule has 0 saturated heterocycles. The van der Waals surface area contributed by atoms with Gasteiger partial charge in [-0.05, 0) is 73.0 Å². The number of nitrogens with zero attached hydrogens (tertiary/aromatic N) is 2. The summed E-state index contributed by atoms with van der Waals surface area (Å²) in [7, 11) is 3.18. The van der Waals surface area contributed by atoms with Crippen LogP contribution in [0.25, 0.3) is 6.08 Å². The molecule has 1 aliphatic heterocycles. The highest BCUT2D eigenvalue weighted by Crippen LogP contribution is 2.38. The fourth-order valence-corrected chi connectivity index (χ4v) is 6.23. The predicted octanol–water partition coefficient (Wildman–Crippen LogP) is 5.83. The Balaban J connectivity index is 1.54. The minimum absolute atomic E-state index is 0.186. The third-order valence-corrected chi connectivity index (χ3v) is 8.34. The number of halogens is 1. The van der Waals surface area contributed by atoms with Crippen LogP contribution in [-0.2, 0) is 16.1 Å². The summed E-state index contributed by atoms with van der Waals surface area (Å²) < 4.78 is 24.3. The van der Waals surface area contributed by atoms with Gasteiger partial charge in [0.1, 0.15) is 29.9 Å². The van der Waals surface area contributed by atoms with E-state index in [9.17, 15) is 9.59 Å². The van der Waals surface area contributed by atoms with Gasteiger partial charge in [0.25, 0.3) is 5.56 Å². The summed E-state index contributed by atoms with van der Waals surface area (Å²) in [6, 6.07) is 19.6. The molecule has 0 N–H and O–H groups in total. The fourth-order valence-electron chi connectivity index (χ4n) is 5.03. The Labute approximate surface area is 264 Å². The van der Waals surface area contributed by atoms with Gasteiger partial charge in [0.2, 0.25) is 0 Å². The molecular weight excluding hydrogens is 600 g/mol. The smallest absolute Gasteiger partial charge is 0.338 e. The lowest BCUT2D eigenvalue weighted by Crippen LogP contribution is -2.40. The molecule has 8 nitrogen and oxygen atoms in total. The average molecular weight is 633 g/mol. The third kappa shape index (κ3) is 6.59. The Morgan fingerprint density at radius 1 is 1.00 bits per heavy atom. The van der Waals surface area contributed by atoms with E-state index in [1.54, 1.807) is 43.9 Å². The first-order valence-electron chi connectivity index (χ1n) is 14.3. The first-order chi connectivity index (χ1) is 21.4. The number of fused-ring (bicyclic) bond motifs is 1. The van der Waals surface area contributed by atoms with Gasteiger partial charge in [-0.3, -0.25) is 9.36 Å². The van der Waals surface area contributed by atoms with Crippen LogP contribution in [0.2, 0.25) is 5.02 Å². The highest BCUT2D eigenvalue weighted by Gasteiger charge is 2.36. The molecule has 0 radical (unpaired) electrons. The quantitative estimate of drug-likeness (QED) is 0.193. The van der Waals surface area contributed by atoms with Crippen LogP contribution in [0.15, 0.2) is 87.8 Å². The van der Waals surface area contributed by atoms with Crippen LogP contribution in [0.4, 0.5) is 0 Å². The Kier molecular flexibility index (Phi) is 9.87. The number of rotatable bonds is 11. The monoisotopic (exact) mass is 632 g/mol. The molecule has 1 atom stereocenters. The minimum atomic E-state index is -0.823. The number of thiazole rings is 1. The summed E-state index contributed by atoms with van der Waals surface area (Å²) in [5.74, 6) is 1.47. The molecule has 1 aliphatic rings. The van der Waals surface area contributed by atoms with E-state index in [0.29, 0.717) is 55.7 Å². The molecule has 0 spiro atoms. The summed E-state index contributed by atoms with van der Waals surface area (Å²) in [5.41, 5.74) is 3.04. The third-order valence-electron chi connectivity index (χ3n) is 7.12. The van der Waals surface area contributed by atoms with Crippen molar-refractivity contribution >= 4 is 35.0 Å². The Morgan fingerprint density at radius 3 is 2.39 bits per heavy atom. The lowest BCUT2D eigenvalue weighted by atomic mass is 9.93. The zero-order valence-corrected chi connectivity index (χ0v) is 26.5. The largest absolute Gasteiger partial charge is 0.497 e. The lowest BCUT2D eigenvalue weighted by molar-refractivity contribution is -0.139. The number of hydrogen-bond acceptors (Lipinski definition) is 8. The molecule has 4 aromatic rings. The molecule has 2 heterocycles. The van der Waals surface area contributed by atoms with E-state index in [-0.39, 0.29) is 12.2 Å². The molecule has 0 fully saturated rings. The SMILES string of the molecule is CCCC1=C(C(=O)OCC)[C@@H](c2cc(Cl)ccc2OC)n2c(s/c(=C/c3ccc(OCc4ccc(OC)cc4)cc3)c2=O)=N1. The number of methoxy groups -OCH3 is 2. The van der Waals surface area contributed by atoms with Gasteiger partial charge in [-0.15, -0.1) is 0 Å². The van der Waals surface area contributed by atoms with Crippen LogP contribution in [0, 0.1) is 0 Å². The van der Waals surface area contributed by atoms with Crippen LogP contribution in [0.1, 0.15) is 49.4 Å². The Hall–Kier alpha value is -4.34. The van der Waals surface area contributed by atoms with Crippen LogP contribution >= 0.6 is 22.9 Å². The second-order valence-electron chi connectivity index (χ2n) is 10.0. The zero-order valence-electron chi connectivity index (χ0n) is 25.0. The van der Waals surface area contributed by atoms with Crippen LogP contribution < -0.4 is 29.1 Å². The molecule has 0 aliphatic carbocycles. The molecule has 44 heavy (non-hydrogen) atoms. The van der Waals surface area contributed by atoms with Crippen molar-refractivity contribution < 1.29 is 23.7 Å². The minimum Gasteiger partial charge on any atom is -0.497 e. The Bertz CT molecular complexity index is 1860.